The van der Waals surface area contributed by atoms with E-state index in [4.69, 9.17) is 16.3 Å². The number of aliphatic hydroxyl groups excluding tert-OH is 1. The maximum absolute atomic E-state index is 9.27. The Morgan fingerprint density at radius 2 is 2.08 bits per heavy atom. The molecule has 1 aliphatic heterocycles. The van der Waals surface area contributed by atoms with Crippen LogP contribution in [0.2, 0.25) is 5.02 Å². The van der Waals surface area contributed by atoms with Crippen LogP contribution in [0.1, 0.15) is 37.6 Å². The maximum Gasteiger partial charge on any atom is 0.167 e. The van der Waals surface area contributed by atoms with Gasteiger partial charge in [-0.15, -0.1) is 0 Å². The number of halogens is 1. The molecule has 8 heteroatoms. The highest BCUT2D eigenvalue weighted by atomic mass is 35.5. The van der Waals surface area contributed by atoms with Crippen molar-refractivity contribution in [3.8, 4) is 0 Å². The minimum Gasteiger partial charge on any atom is -0.394 e. The normalized spacial score (nSPS) is 21.2. The Hall–Kier alpha value is -2.22. The number of nitrogens with zero attached hydrogens (tertiary/aromatic N) is 4. The Morgan fingerprint density at radius 1 is 1.27 bits per heavy atom. The van der Waals surface area contributed by atoms with Gasteiger partial charge in [-0.3, -0.25) is 4.57 Å². The quantitative estimate of drug-likeness (QED) is 0.713. The molecule has 0 radical (unpaired) electrons. The third kappa shape index (κ3) is 3.25. The molecule has 7 nitrogen and oxygen atoms in total. The molecular weight excluding hydrogens is 354 g/mol. The highest BCUT2D eigenvalue weighted by Crippen LogP contribution is 2.31. The molecule has 0 bridgehead atoms. The third-order valence-electron chi connectivity index (χ3n) is 4.68. The third-order valence-corrected chi connectivity index (χ3v) is 4.93. The Morgan fingerprint density at radius 3 is 2.81 bits per heavy atom. The van der Waals surface area contributed by atoms with E-state index in [0.29, 0.717) is 16.4 Å². The lowest BCUT2D eigenvalue weighted by molar-refractivity contribution is -0.0207. The predicted octanol–water partition coefficient (Wildman–Crippen LogP) is 3.32. The van der Waals surface area contributed by atoms with Crippen LogP contribution >= 0.6 is 11.6 Å². The number of imidazole rings is 1. The molecule has 0 unspecified atom stereocenters. The van der Waals surface area contributed by atoms with Crippen LogP contribution in [0.25, 0.3) is 11.2 Å². The Labute approximate surface area is 156 Å². The van der Waals surface area contributed by atoms with Gasteiger partial charge in [0, 0.05) is 5.02 Å². The van der Waals surface area contributed by atoms with E-state index in [1.807, 2.05) is 28.8 Å². The molecule has 1 aliphatic rings. The molecule has 3 atom stereocenters. The molecule has 2 aromatic heterocycles. The Kier molecular flexibility index (Phi) is 4.76. The number of nitrogens with one attached hydrogen (secondary N) is 1. The van der Waals surface area contributed by atoms with E-state index in [1.165, 1.54) is 6.33 Å². The van der Waals surface area contributed by atoms with Crippen LogP contribution in [-0.2, 0) is 4.74 Å². The summed E-state index contributed by atoms with van der Waals surface area (Å²) in [5.74, 6) is 0.674. The van der Waals surface area contributed by atoms with Crippen molar-refractivity contribution in [1.29, 1.82) is 0 Å². The molecule has 1 fully saturated rings. The number of hydrogen-bond donors (Lipinski definition) is 2. The molecule has 1 saturated heterocycles. The molecule has 0 aliphatic carbocycles. The van der Waals surface area contributed by atoms with Crippen LogP contribution in [0, 0.1) is 0 Å². The Bertz CT molecular complexity index is 898. The lowest BCUT2D eigenvalue weighted by Gasteiger charge is -2.16. The average Bonchev–Trinajstić information content (AvgIpc) is 3.29. The standard InChI is InChI=1S/C18H20ClN5O2/c1-11(12-2-4-13(19)5-3-12)23-17-16-18(21-9-20-17)24(10-22-16)15-7-6-14(8-25)26-15/h2-5,9-11,14-15,25H,6-8H2,1H3,(H,20,21,23)/t11-,14-,15+/m0/s1. The molecule has 2 N–H and O–H groups in total. The van der Waals surface area contributed by atoms with E-state index in [1.54, 1.807) is 6.33 Å². The number of hydrogen-bond acceptors (Lipinski definition) is 6. The molecule has 0 amide bonds. The fourth-order valence-corrected chi connectivity index (χ4v) is 3.36. The van der Waals surface area contributed by atoms with Crippen molar-refractivity contribution in [2.24, 2.45) is 0 Å². The zero-order valence-corrected chi connectivity index (χ0v) is 15.1. The van der Waals surface area contributed by atoms with Crippen LogP contribution < -0.4 is 5.32 Å². The van der Waals surface area contributed by atoms with E-state index in [9.17, 15) is 5.11 Å². The van der Waals surface area contributed by atoms with Gasteiger partial charge >= 0.3 is 0 Å². The van der Waals surface area contributed by atoms with Crippen LogP contribution in [0.15, 0.2) is 36.9 Å². The number of rotatable bonds is 5. The fraction of sp³-hybridized carbons (Fsp3) is 0.389. The second-order valence-corrected chi connectivity index (χ2v) is 6.87. The highest BCUT2D eigenvalue weighted by molar-refractivity contribution is 6.30. The summed E-state index contributed by atoms with van der Waals surface area (Å²) in [5, 5.41) is 13.4. The van der Waals surface area contributed by atoms with Gasteiger partial charge in [0.15, 0.2) is 17.0 Å². The van der Waals surface area contributed by atoms with Crippen LogP contribution in [-0.4, -0.2) is 37.3 Å². The summed E-state index contributed by atoms with van der Waals surface area (Å²) < 4.78 is 7.75. The van der Waals surface area contributed by atoms with Crippen molar-refractivity contribution in [2.45, 2.75) is 38.1 Å². The molecule has 3 aromatic rings. The first-order valence-electron chi connectivity index (χ1n) is 8.61. The van der Waals surface area contributed by atoms with Gasteiger partial charge in [-0.05, 0) is 37.5 Å². The molecule has 136 valence electrons. The first-order valence-corrected chi connectivity index (χ1v) is 8.99. The summed E-state index contributed by atoms with van der Waals surface area (Å²) in [6.45, 7) is 2.09. The molecule has 0 spiro atoms. The fourth-order valence-electron chi connectivity index (χ4n) is 3.23. The van der Waals surface area contributed by atoms with E-state index in [0.717, 1.165) is 24.1 Å². The van der Waals surface area contributed by atoms with Crippen molar-refractivity contribution < 1.29 is 9.84 Å². The monoisotopic (exact) mass is 373 g/mol. The van der Waals surface area contributed by atoms with Crippen molar-refractivity contribution >= 4 is 28.6 Å². The molecule has 3 heterocycles. The van der Waals surface area contributed by atoms with Gasteiger partial charge in [-0.2, -0.15) is 0 Å². The SMILES string of the molecule is C[C@H](Nc1ncnc2c1ncn2[C@H]1CC[C@@H](CO)O1)c1ccc(Cl)cc1. The summed E-state index contributed by atoms with van der Waals surface area (Å²) in [6.07, 6.45) is 4.61. The van der Waals surface area contributed by atoms with Gasteiger partial charge in [-0.1, -0.05) is 23.7 Å². The lowest BCUT2D eigenvalue weighted by atomic mass is 10.1. The first kappa shape index (κ1) is 17.2. The smallest absolute Gasteiger partial charge is 0.167 e. The van der Waals surface area contributed by atoms with E-state index in [-0.39, 0.29) is 25.0 Å². The molecule has 0 saturated carbocycles. The Balaban J connectivity index is 1.59. The number of ether oxygens (including phenoxy) is 1. The number of anilines is 1. The van der Waals surface area contributed by atoms with Crippen molar-refractivity contribution in [2.75, 3.05) is 11.9 Å². The second kappa shape index (κ2) is 7.19. The second-order valence-electron chi connectivity index (χ2n) is 6.44. The summed E-state index contributed by atoms with van der Waals surface area (Å²) in [5.41, 5.74) is 2.52. The largest absolute Gasteiger partial charge is 0.394 e. The van der Waals surface area contributed by atoms with Gasteiger partial charge in [0.05, 0.1) is 25.1 Å². The van der Waals surface area contributed by atoms with Gasteiger partial charge in [0.1, 0.15) is 12.6 Å². The molecule has 26 heavy (non-hydrogen) atoms. The number of fused-ring (bicyclic) bond motifs is 1. The van der Waals surface area contributed by atoms with E-state index >= 15 is 0 Å². The minimum absolute atomic E-state index is 0.0313. The van der Waals surface area contributed by atoms with Crippen LogP contribution in [0.4, 0.5) is 5.82 Å². The van der Waals surface area contributed by atoms with Crippen LogP contribution in [0.3, 0.4) is 0 Å². The predicted molar refractivity (Wildman–Crippen MR) is 99.0 cm³/mol. The highest BCUT2D eigenvalue weighted by Gasteiger charge is 2.27. The molecule has 1 aromatic carbocycles. The van der Waals surface area contributed by atoms with Crippen molar-refractivity contribution in [1.82, 2.24) is 19.5 Å². The zero-order chi connectivity index (χ0) is 18.1. The average molecular weight is 374 g/mol. The van der Waals surface area contributed by atoms with Crippen molar-refractivity contribution in [3.05, 3.63) is 47.5 Å². The maximum atomic E-state index is 9.27. The first-order chi connectivity index (χ1) is 12.7. The minimum atomic E-state index is -0.159. The number of aliphatic hydroxyl groups is 1. The van der Waals surface area contributed by atoms with E-state index in [2.05, 4.69) is 27.2 Å². The van der Waals surface area contributed by atoms with Gasteiger partial charge in [0.2, 0.25) is 0 Å². The van der Waals surface area contributed by atoms with Crippen molar-refractivity contribution in [3.63, 3.8) is 0 Å². The summed E-state index contributed by atoms with van der Waals surface area (Å²) >= 11 is 5.96. The molecular formula is C18H20ClN5O2. The van der Waals surface area contributed by atoms with Gasteiger partial charge < -0.3 is 15.2 Å². The summed E-state index contributed by atoms with van der Waals surface area (Å²) in [7, 11) is 0. The molecule has 4 rings (SSSR count). The zero-order valence-electron chi connectivity index (χ0n) is 14.3. The summed E-state index contributed by atoms with van der Waals surface area (Å²) in [4.78, 5) is 13.2. The van der Waals surface area contributed by atoms with Gasteiger partial charge in [-0.25, -0.2) is 15.0 Å². The van der Waals surface area contributed by atoms with Gasteiger partial charge in [0.25, 0.3) is 0 Å². The van der Waals surface area contributed by atoms with E-state index < -0.39 is 0 Å². The van der Waals surface area contributed by atoms with Crippen LogP contribution in [0.5, 0.6) is 0 Å². The summed E-state index contributed by atoms with van der Waals surface area (Å²) in [6, 6.07) is 7.75. The number of aromatic nitrogens is 4. The topological polar surface area (TPSA) is 85.1 Å². The number of benzene rings is 1. The lowest BCUT2D eigenvalue weighted by Crippen LogP contribution is -2.14.